The standard InChI is InChI=1S/C15H16FNO2/c1-10-8-14(10)17-15(19)12-6-5-11(13(16)9-12)4-2-3-7-18/h5-6,9-10,14,18H,3,7-8H2,1H3,(H,17,19). The fraction of sp³-hybridized carbons (Fsp3) is 0.400. The van der Waals surface area contributed by atoms with Crippen LogP contribution in [0.2, 0.25) is 0 Å². The third kappa shape index (κ3) is 3.55. The molecule has 2 unspecified atom stereocenters. The van der Waals surface area contributed by atoms with Crippen molar-refractivity contribution in [2.45, 2.75) is 25.8 Å². The number of carbonyl (C=O) groups is 1. The van der Waals surface area contributed by atoms with Crippen LogP contribution in [-0.2, 0) is 0 Å². The van der Waals surface area contributed by atoms with E-state index in [1.165, 1.54) is 12.1 Å². The molecule has 1 aliphatic rings. The molecule has 0 aliphatic heterocycles. The third-order valence-electron chi connectivity index (χ3n) is 3.12. The zero-order valence-electron chi connectivity index (χ0n) is 10.7. The molecule has 2 rings (SSSR count). The molecule has 1 aromatic carbocycles. The molecule has 0 radical (unpaired) electrons. The van der Waals surface area contributed by atoms with Gasteiger partial charge >= 0.3 is 0 Å². The summed E-state index contributed by atoms with van der Waals surface area (Å²) >= 11 is 0. The van der Waals surface area contributed by atoms with Crippen molar-refractivity contribution in [1.82, 2.24) is 5.32 Å². The largest absolute Gasteiger partial charge is 0.395 e. The average molecular weight is 261 g/mol. The van der Waals surface area contributed by atoms with E-state index in [9.17, 15) is 9.18 Å². The summed E-state index contributed by atoms with van der Waals surface area (Å²) in [6, 6.07) is 4.48. The molecule has 100 valence electrons. The molecule has 3 nitrogen and oxygen atoms in total. The van der Waals surface area contributed by atoms with Crippen molar-refractivity contribution in [3.63, 3.8) is 0 Å². The molecule has 4 heteroatoms. The molecule has 1 amide bonds. The highest BCUT2D eigenvalue weighted by Gasteiger charge is 2.34. The van der Waals surface area contributed by atoms with E-state index in [2.05, 4.69) is 24.1 Å². The van der Waals surface area contributed by atoms with Crippen LogP contribution in [-0.4, -0.2) is 23.7 Å². The average Bonchev–Trinajstić information content (AvgIpc) is 3.07. The Kier molecular flexibility index (Phi) is 4.18. The van der Waals surface area contributed by atoms with Crippen LogP contribution >= 0.6 is 0 Å². The summed E-state index contributed by atoms with van der Waals surface area (Å²) in [5, 5.41) is 11.4. The number of benzene rings is 1. The lowest BCUT2D eigenvalue weighted by Crippen LogP contribution is -2.26. The van der Waals surface area contributed by atoms with Gasteiger partial charge in [0.1, 0.15) is 5.82 Å². The monoisotopic (exact) mass is 261 g/mol. The molecule has 1 aromatic rings. The molecule has 0 heterocycles. The number of carbonyl (C=O) groups excluding carboxylic acids is 1. The second-order valence-corrected chi connectivity index (χ2v) is 4.76. The van der Waals surface area contributed by atoms with Crippen LogP contribution in [0.1, 0.15) is 35.7 Å². The molecule has 0 bridgehead atoms. The van der Waals surface area contributed by atoms with Gasteiger partial charge in [-0.3, -0.25) is 4.79 Å². The summed E-state index contributed by atoms with van der Waals surface area (Å²) in [5.74, 6) is 5.02. The van der Waals surface area contributed by atoms with Crippen LogP contribution in [0.3, 0.4) is 0 Å². The quantitative estimate of drug-likeness (QED) is 0.814. The molecule has 19 heavy (non-hydrogen) atoms. The Morgan fingerprint density at radius 3 is 2.89 bits per heavy atom. The normalized spacial score (nSPS) is 20.4. The number of aliphatic hydroxyl groups is 1. The second-order valence-electron chi connectivity index (χ2n) is 4.76. The molecular formula is C15H16FNO2. The van der Waals surface area contributed by atoms with E-state index in [1.807, 2.05) is 0 Å². The predicted octanol–water partition coefficient (Wildman–Crippen LogP) is 1.70. The van der Waals surface area contributed by atoms with Crippen molar-refractivity contribution >= 4 is 5.91 Å². The molecule has 1 saturated carbocycles. The van der Waals surface area contributed by atoms with E-state index in [0.29, 0.717) is 17.9 Å². The first-order chi connectivity index (χ1) is 9.11. The van der Waals surface area contributed by atoms with E-state index in [1.54, 1.807) is 6.07 Å². The van der Waals surface area contributed by atoms with Gasteiger partial charge in [0.05, 0.1) is 12.2 Å². The van der Waals surface area contributed by atoms with Gasteiger partial charge in [-0.15, -0.1) is 0 Å². The van der Waals surface area contributed by atoms with Crippen molar-refractivity contribution in [1.29, 1.82) is 0 Å². The smallest absolute Gasteiger partial charge is 0.251 e. The first-order valence-corrected chi connectivity index (χ1v) is 6.32. The van der Waals surface area contributed by atoms with Gasteiger partial charge in [-0.25, -0.2) is 4.39 Å². The highest BCUT2D eigenvalue weighted by molar-refractivity contribution is 5.94. The number of amides is 1. The minimum absolute atomic E-state index is 0.0469. The van der Waals surface area contributed by atoms with E-state index >= 15 is 0 Å². The van der Waals surface area contributed by atoms with Crippen LogP contribution < -0.4 is 5.32 Å². The van der Waals surface area contributed by atoms with Crippen molar-refractivity contribution in [2.75, 3.05) is 6.61 Å². The number of hydrogen-bond acceptors (Lipinski definition) is 2. The molecule has 2 atom stereocenters. The van der Waals surface area contributed by atoms with E-state index < -0.39 is 5.82 Å². The summed E-state index contributed by atoms with van der Waals surface area (Å²) in [5.41, 5.74) is 0.550. The Bertz CT molecular complexity index is 545. The molecule has 2 N–H and O–H groups in total. The Hall–Kier alpha value is -1.86. The maximum absolute atomic E-state index is 13.7. The molecule has 1 aliphatic carbocycles. The lowest BCUT2D eigenvalue weighted by atomic mass is 10.1. The van der Waals surface area contributed by atoms with E-state index in [-0.39, 0.29) is 24.1 Å². The SMILES string of the molecule is CC1CC1NC(=O)c1ccc(C#CCCO)c(F)c1. The Morgan fingerprint density at radius 2 is 2.32 bits per heavy atom. The lowest BCUT2D eigenvalue weighted by Gasteiger charge is -2.04. The van der Waals surface area contributed by atoms with Crippen LogP contribution in [0.4, 0.5) is 4.39 Å². The first-order valence-electron chi connectivity index (χ1n) is 6.32. The molecule has 1 fully saturated rings. The number of nitrogens with one attached hydrogen (secondary N) is 1. The van der Waals surface area contributed by atoms with Gasteiger partial charge in [-0.1, -0.05) is 18.8 Å². The first kappa shape index (κ1) is 13.6. The van der Waals surface area contributed by atoms with Crippen LogP contribution in [0.25, 0.3) is 0 Å². The van der Waals surface area contributed by atoms with Crippen LogP contribution in [0.5, 0.6) is 0 Å². The third-order valence-corrected chi connectivity index (χ3v) is 3.12. The Balaban J connectivity index is 2.06. The second kappa shape index (κ2) is 5.85. The Morgan fingerprint density at radius 1 is 1.58 bits per heavy atom. The fourth-order valence-electron chi connectivity index (χ4n) is 1.75. The van der Waals surface area contributed by atoms with E-state index in [0.717, 1.165) is 6.42 Å². The van der Waals surface area contributed by atoms with Gasteiger partial charge in [-0.2, -0.15) is 0 Å². The van der Waals surface area contributed by atoms with Gasteiger partial charge in [0.25, 0.3) is 5.91 Å². The topological polar surface area (TPSA) is 49.3 Å². The minimum atomic E-state index is -0.512. The number of aliphatic hydroxyl groups excluding tert-OH is 1. The lowest BCUT2D eigenvalue weighted by molar-refractivity contribution is 0.0949. The van der Waals surface area contributed by atoms with E-state index in [4.69, 9.17) is 5.11 Å². The van der Waals surface area contributed by atoms with Gasteiger partial charge in [0.15, 0.2) is 0 Å². The minimum Gasteiger partial charge on any atom is -0.395 e. The maximum Gasteiger partial charge on any atom is 0.251 e. The van der Waals surface area contributed by atoms with Crippen LogP contribution in [0, 0.1) is 23.6 Å². The van der Waals surface area contributed by atoms with Crippen molar-refractivity contribution in [2.24, 2.45) is 5.92 Å². The maximum atomic E-state index is 13.7. The number of hydrogen-bond donors (Lipinski definition) is 2. The number of halogens is 1. The van der Waals surface area contributed by atoms with Gasteiger partial charge in [0, 0.05) is 18.0 Å². The molecule has 0 saturated heterocycles. The number of rotatable bonds is 3. The van der Waals surface area contributed by atoms with Gasteiger partial charge < -0.3 is 10.4 Å². The summed E-state index contributed by atoms with van der Waals surface area (Å²) in [6.45, 7) is 2.01. The molecular weight excluding hydrogens is 245 g/mol. The highest BCUT2D eigenvalue weighted by Crippen LogP contribution is 2.29. The summed E-state index contributed by atoms with van der Waals surface area (Å²) in [7, 11) is 0. The summed E-state index contributed by atoms with van der Waals surface area (Å²) < 4.78 is 13.7. The van der Waals surface area contributed by atoms with Crippen LogP contribution in [0.15, 0.2) is 18.2 Å². The highest BCUT2D eigenvalue weighted by atomic mass is 19.1. The summed E-state index contributed by atoms with van der Waals surface area (Å²) in [6.07, 6.45) is 1.29. The van der Waals surface area contributed by atoms with Crippen molar-refractivity contribution in [3.8, 4) is 11.8 Å². The molecule has 0 spiro atoms. The summed E-state index contributed by atoms with van der Waals surface area (Å²) in [4.78, 5) is 11.8. The van der Waals surface area contributed by atoms with Gasteiger partial charge in [0.2, 0.25) is 0 Å². The van der Waals surface area contributed by atoms with Gasteiger partial charge in [-0.05, 0) is 30.5 Å². The van der Waals surface area contributed by atoms with Crippen molar-refractivity contribution in [3.05, 3.63) is 35.1 Å². The predicted molar refractivity (Wildman–Crippen MR) is 70.0 cm³/mol. The fourth-order valence-corrected chi connectivity index (χ4v) is 1.75. The van der Waals surface area contributed by atoms with Crippen molar-refractivity contribution < 1.29 is 14.3 Å². The zero-order valence-corrected chi connectivity index (χ0v) is 10.7. The zero-order chi connectivity index (χ0) is 13.8. The molecule has 0 aromatic heterocycles. The Labute approximate surface area is 111 Å².